The lowest BCUT2D eigenvalue weighted by Gasteiger charge is -2.28. The van der Waals surface area contributed by atoms with E-state index in [1.54, 1.807) is 0 Å². The van der Waals surface area contributed by atoms with Crippen molar-refractivity contribution in [3.8, 4) is 0 Å². The van der Waals surface area contributed by atoms with Crippen LogP contribution >= 0.6 is 23.5 Å². The van der Waals surface area contributed by atoms with Crippen molar-refractivity contribution in [2.24, 2.45) is 11.8 Å². The van der Waals surface area contributed by atoms with E-state index in [1.165, 1.54) is 37.2 Å². The van der Waals surface area contributed by atoms with Crippen molar-refractivity contribution >= 4 is 23.5 Å². The largest absolute Gasteiger partial charge is 0.373 e. The summed E-state index contributed by atoms with van der Waals surface area (Å²) in [4.78, 5) is 0. The summed E-state index contributed by atoms with van der Waals surface area (Å²) in [6, 6.07) is 0. The van der Waals surface area contributed by atoms with Crippen LogP contribution < -0.4 is 0 Å². The Hall–Kier alpha value is 0.660. The van der Waals surface area contributed by atoms with E-state index in [2.05, 4.69) is 51.2 Å². The molecule has 0 aromatic rings. The molecule has 2 aliphatic rings. The molecule has 0 aliphatic carbocycles. The van der Waals surface area contributed by atoms with E-state index in [9.17, 15) is 0 Å². The van der Waals surface area contributed by atoms with Gasteiger partial charge in [-0.3, -0.25) is 0 Å². The van der Waals surface area contributed by atoms with Crippen LogP contribution in [-0.2, 0) is 4.74 Å². The molecule has 0 bridgehead atoms. The smallest absolute Gasteiger partial charge is 0.0705 e. The van der Waals surface area contributed by atoms with Crippen LogP contribution in [-0.4, -0.2) is 34.2 Å². The van der Waals surface area contributed by atoms with Crippen LogP contribution in [0.15, 0.2) is 0 Å². The van der Waals surface area contributed by atoms with Gasteiger partial charge in [0.15, 0.2) is 0 Å². The number of rotatable bonds is 6. The fourth-order valence-electron chi connectivity index (χ4n) is 3.16. The predicted molar refractivity (Wildman–Crippen MR) is 89.3 cm³/mol. The lowest BCUT2D eigenvalue weighted by atomic mass is 10.0. The van der Waals surface area contributed by atoms with Crippen molar-refractivity contribution in [3.63, 3.8) is 0 Å². The van der Waals surface area contributed by atoms with Gasteiger partial charge in [-0.15, -0.1) is 0 Å². The van der Waals surface area contributed by atoms with Crippen LogP contribution in [0.25, 0.3) is 0 Å². The maximum absolute atomic E-state index is 6.56. The van der Waals surface area contributed by atoms with Crippen LogP contribution in [0.2, 0.25) is 0 Å². The van der Waals surface area contributed by atoms with E-state index in [0.29, 0.717) is 12.2 Å². The van der Waals surface area contributed by atoms with Crippen LogP contribution in [0.4, 0.5) is 0 Å². The molecule has 0 N–H and O–H groups in total. The minimum Gasteiger partial charge on any atom is -0.373 e. The molecule has 0 aromatic heterocycles. The molecule has 2 heterocycles. The molecule has 1 nitrogen and oxygen atoms in total. The van der Waals surface area contributed by atoms with E-state index in [1.807, 2.05) is 0 Å². The van der Waals surface area contributed by atoms with Crippen LogP contribution in [0.5, 0.6) is 0 Å². The molecule has 3 heteroatoms. The molecular formula is C16H30OS2. The third kappa shape index (κ3) is 4.86. The van der Waals surface area contributed by atoms with Gasteiger partial charge >= 0.3 is 0 Å². The Labute approximate surface area is 128 Å². The first kappa shape index (κ1) is 16.0. The monoisotopic (exact) mass is 302 g/mol. The lowest BCUT2D eigenvalue weighted by molar-refractivity contribution is -0.0132. The third-order valence-electron chi connectivity index (χ3n) is 4.05. The van der Waals surface area contributed by atoms with Crippen LogP contribution in [0.3, 0.4) is 0 Å². The SMILES string of the molecule is CC(C)CC1SCCC1OC1CCSC1CC(C)C. The Kier molecular flexibility index (Phi) is 6.42. The van der Waals surface area contributed by atoms with Crippen molar-refractivity contribution in [1.29, 1.82) is 0 Å². The van der Waals surface area contributed by atoms with Gasteiger partial charge in [-0.25, -0.2) is 0 Å². The standard InChI is InChI=1S/C16H30OS2/c1-11(2)9-15-13(5-7-18-15)17-14-6-8-19-16(14)10-12(3)4/h11-16H,5-10H2,1-4H3. The van der Waals surface area contributed by atoms with Gasteiger partial charge in [0.2, 0.25) is 0 Å². The Balaban J connectivity index is 1.85. The van der Waals surface area contributed by atoms with Gasteiger partial charge in [0.25, 0.3) is 0 Å². The topological polar surface area (TPSA) is 9.23 Å². The van der Waals surface area contributed by atoms with E-state index >= 15 is 0 Å². The molecular weight excluding hydrogens is 272 g/mol. The summed E-state index contributed by atoms with van der Waals surface area (Å²) in [5, 5.41) is 1.51. The highest BCUT2D eigenvalue weighted by atomic mass is 32.2. The first-order chi connectivity index (χ1) is 9.06. The Morgan fingerprint density at radius 1 is 0.842 bits per heavy atom. The highest BCUT2D eigenvalue weighted by molar-refractivity contribution is 8.00. The second kappa shape index (κ2) is 7.61. The minimum atomic E-state index is 0.533. The van der Waals surface area contributed by atoms with Crippen molar-refractivity contribution in [3.05, 3.63) is 0 Å². The van der Waals surface area contributed by atoms with E-state index in [-0.39, 0.29) is 0 Å². The first-order valence-corrected chi connectivity index (χ1v) is 10.0. The zero-order valence-electron chi connectivity index (χ0n) is 12.9. The molecule has 0 saturated carbocycles. The summed E-state index contributed by atoms with van der Waals surface area (Å²) in [6.45, 7) is 9.34. The summed E-state index contributed by atoms with van der Waals surface area (Å²) in [7, 11) is 0. The maximum Gasteiger partial charge on any atom is 0.0705 e. The first-order valence-electron chi connectivity index (χ1n) is 7.95. The molecule has 4 unspecified atom stereocenters. The number of thioether (sulfide) groups is 2. The zero-order valence-corrected chi connectivity index (χ0v) is 14.6. The molecule has 2 fully saturated rings. The third-order valence-corrected chi connectivity index (χ3v) is 6.85. The normalized spacial score (nSPS) is 35.7. The highest BCUT2D eigenvalue weighted by Crippen LogP contribution is 2.39. The Morgan fingerprint density at radius 2 is 1.26 bits per heavy atom. The van der Waals surface area contributed by atoms with Gasteiger partial charge in [0, 0.05) is 10.5 Å². The van der Waals surface area contributed by atoms with Crippen molar-refractivity contribution in [2.45, 2.75) is 76.1 Å². The second-order valence-electron chi connectivity index (χ2n) is 6.87. The Morgan fingerprint density at radius 3 is 1.63 bits per heavy atom. The highest BCUT2D eigenvalue weighted by Gasteiger charge is 2.36. The number of hydrogen-bond donors (Lipinski definition) is 0. The molecule has 0 aromatic carbocycles. The molecule has 19 heavy (non-hydrogen) atoms. The van der Waals surface area contributed by atoms with Crippen LogP contribution in [0.1, 0.15) is 53.4 Å². The van der Waals surface area contributed by atoms with E-state index in [4.69, 9.17) is 4.74 Å². The average Bonchev–Trinajstić information content (AvgIpc) is 2.89. The van der Waals surface area contributed by atoms with Gasteiger partial charge in [-0.05, 0) is 49.0 Å². The molecule has 0 amide bonds. The van der Waals surface area contributed by atoms with Gasteiger partial charge in [0.05, 0.1) is 12.2 Å². The van der Waals surface area contributed by atoms with Gasteiger partial charge in [0.1, 0.15) is 0 Å². The molecule has 0 radical (unpaired) electrons. The quantitative estimate of drug-likeness (QED) is 0.694. The van der Waals surface area contributed by atoms with E-state index in [0.717, 1.165) is 22.3 Å². The minimum absolute atomic E-state index is 0.533. The zero-order chi connectivity index (χ0) is 13.8. The second-order valence-corrected chi connectivity index (χ2v) is 9.56. The molecule has 2 saturated heterocycles. The van der Waals surface area contributed by atoms with Gasteiger partial charge in [-0.2, -0.15) is 23.5 Å². The fraction of sp³-hybridized carbons (Fsp3) is 1.00. The van der Waals surface area contributed by atoms with Gasteiger partial charge in [-0.1, -0.05) is 27.7 Å². The summed E-state index contributed by atoms with van der Waals surface area (Å²) in [6.07, 6.45) is 6.26. The number of ether oxygens (including phenoxy) is 1. The Bertz CT molecular complexity index is 241. The molecule has 4 atom stereocenters. The van der Waals surface area contributed by atoms with Gasteiger partial charge < -0.3 is 4.74 Å². The van der Waals surface area contributed by atoms with Crippen LogP contribution in [0, 0.1) is 11.8 Å². The molecule has 2 aliphatic heterocycles. The number of hydrogen-bond acceptors (Lipinski definition) is 3. The molecule has 2 rings (SSSR count). The molecule has 112 valence electrons. The van der Waals surface area contributed by atoms with E-state index < -0.39 is 0 Å². The summed E-state index contributed by atoms with van der Waals surface area (Å²) in [5.74, 6) is 4.20. The maximum atomic E-state index is 6.56. The average molecular weight is 303 g/mol. The summed E-state index contributed by atoms with van der Waals surface area (Å²) >= 11 is 4.29. The van der Waals surface area contributed by atoms with Crippen molar-refractivity contribution in [2.75, 3.05) is 11.5 Å². The van der Waals surface area contributed by atoms with Crippen molar-refractivity contribution in [1.82, 2.24) is 0 Å². The lowest BCUT2D eigenvalue weighted by Crippen LogP contribution is -2.32. The fourth-order valence-corrected chi connectivity index (χ4v) is 6.38. The molecule has 0 spiro atoms. The summed E-state index contributed by atoms with van der Waals surface area (Å²) < 4.78 is 6.56. The summed E-state index contributed by atoms with van der Waals surface area (Å²) in [5.41, 5.74) is 0. The predicted octanol–water partition coefficient (Wildman–Crippen LogP) is 4.84. The van der Waals surface area contributed by atoms with Crippen molar-refractivity contribution < 1.29 is 4.74 Å².